The molecule has 0 radical (unpaired) electrons. The van der Waals surface area contributed by atoms with Crippen LogP contribution in [0.4, 0.5) is 11.4 Å². The average Bonchev–Trinajstić information content (AvgIpc) is 2.91. The fourth-order valence-electron chi connectivity index (χ4n) is 3.53. The Morgan fingerprint density at radius 2 is 1.54 bits per heavy atom. The van der Waals surface area contributed by atoms with Crippen molar-refractivity contribution < 1.29 is 19.0 Å². The van der Waals surface area contributed by atoms with Crippen LogP contribution in [0.1, 0.15) is 18.1 Å². The summed E-state index contributed by atoms with van der Waals surface area (Å²) in [5, 5.41) is 6.79. The molecule has 0 heterocycles. The van der Waals surface area contributed by atoms with Crippen molar-refractivity contribution in [1.29, 1.82) is 0 Å². The summed E-state index contributed by atoms with van der Waals surface area (Å²) < 4.78 is 17.4. The molecular weight excluding hydrogens is 488 g/mol. The Bertz CT molecular complexity index is 1330. The Kier molecular flexibility index (Phi) is 8.89. The van der Waals surface area contributed by atoms with Gasteiger partial charge in [0, 0.05) is 22.9 Å². The van der Waals surface area contributed by atoms with Gasteiger partial charge in [0.05, 0.1) is 6.61 Å². The molecule has 0 aromatic heterocycles. The van der Waals surface area contributed by atoms with Crippen molar-refractivity contribution in [2.45, 2.75) is 20.4 Å². The highest BCUT2D eigenvalue weighted by Crippen LogP contribution is 2.29. The van der Waals surface area contributed by atoms with Crippen LogP contribution in [0.25, 0.3) is 0 Å². The van der Waals surface area contributed by atoms with Crippen molar-refractivity contribution in [3.8, 4) is 23.0 Å². The molecule has 190 valence electrons. The summed E-state index contributed by atoms with van der Waals surface area (Å²) in [6.07, 6.45) is 0. The van der Waals surface area contributed by atoms with Gasteiger partial charge in [-0.15, -0.1) is 0 Å². The maximum Gasteiger partial charge on any atom is 0.262 e. The third-order valence-corrected chi connectivity index (χ3v) is 5.86. The van der Waals surface area contributed by atoms with Crippen LogP contribution in [-0.2, 0) is 11.3 Å². The maximum atomic E-state index is 12.4. The van der Waals surface area contributed by atoms with E-state index >= 15 is 0 Å². The molecule has 1 amide bonds. The Balaban J connectivity index is 1.32. The van der Waals surface area contributed by atoms with Gasteiger partial charge in [-0.2, -0.15) is 0 Å². The number of rotatable bonds is 11. The molecule has 0 aliphatic rings. The van der Waals surface area contributed by atoms with E-state index in [0.717, 1.165) is 28.3 Å². The van der Waals surface area contributed by atoms with Crippen molar-refractivity contribution >= 4 is 28.9 Å². The average molecular weight is 517 g/mol. The van der Waals surface area contributed by atoms with E-state index in [9.17, 15) is 4.79 Å². The molecule has 0 fully saturated rings. The summed E-state index contributed by atoms with van der Waals surface area (Å²) in [5.41, 5.74) is 3.54. The molecule has 4 aromatic rings. The van der Waals surface area contributed by atoms with Gasteiger partial charge in [0.25, 0.3) is 5.91 Å². The molecule has 4 aromatic carbocycles. The second-order valence-corrected chi connectivity index (χ2v) is 8.72. The van der Waals surface area contributed by atoms with Gasteiger partial charge in [0.15, 0.2) is 18.1 Å². The normalized spacial score (nSPS) is 10.5. The SMILES string of the molecule is CCOc1cc(CNc2ccc(Oc3ccccc3)cc2)ccc1OCC(=O)Nc1ccc(C)c(Cl)c1. The van der Waals surface area contributed by atoms with E-state index in [-0.39, 0.29) is 12.5 Å². The quantitative estimate of drug-likeness (QED) is 0.216. The van der Waals surface area contributed by atoms with E-state index in [1.807, 2.05) is 92.7 Å². The van der Waals surface area contributed by atoms with E-state index < -0.39 is 0 Å². The van der Waals surface area contributed by atoms with Gasteiger partial charge in [-0.1, -0.05) is 41.9 Å². The standard InChI is InChI=1S/C30H29ClN2O4/c1-3-35-29-17-22(19-32-23-12-14-26(15-13-23)37-25-7-5-4-6-8-25)10-16-28(29)36-20-30(34)33-24-11-9-21(2)27(31)18-24/h4-18,32H,3,19-20H2,1-2H3,(H,33,34). The number of aryl methyl sites for hydroxylation is 1. The maximum absolute atomic E-state index is 12.4. The Morgan fingerprint density at radius 1 is 0.811 bits per heavy atom. The topological polar surface area (TPSA) is 68.8 Å². The second kappa shape index (κ2) is 12.7. The number of amides is 1. The lowest BCUT2D eigenvalue weighted by molar-refractivity contribution is -0.118. The van der Waals surface area contributed by atoms with Gasteiger partial charge < -0.3 is 24.8 Å². The van der Waals surface area contributed by atoms with Crippen molar-refractivity contribution in [2.75, 3.05) is 23.8 Å². The van der Waals surface area contributed by atoms with Crippen molar-refractivity contribution in [1.82, 2.24) is 0 Å². The van der Waals surface area contributed by atoms with Gasteiger partial charge in [-0.05, 0) is 85.6 Å². The highest BCUT2D eigenvalue weighted by atomic mass is 35.5. The van der Waals surface area contributed by atoms with Gasteiger partial charge >= 0.3 is 0 Å². The van der Waals surface area contributed by atoms with Crippen molar-refractivity contribution in [2.24, 2.45) is 0 Å². The summed E-state index contributed by atoms with van der Waals surface area (Å²) >= 11 is 6.13. The van der Waals surface area contributed by atoms with E-state index in [1.54, 1.807) is 12.1 Å². The monoisotopic (exact) mass is 516 g/mol. The summed E-state index contributed by atoms with van der Waals surface area (Å²) in [6.45, 7) is 4.73. The Labute approximate surface area is 222 Å². The minimum Gasteiger partial charge on any atom is -0.490 e. The molecule has 0 saturated carbocycles. The molecule has 0 bridgehead atoms. The molecule has 37 heavy (non-hydrogen) atoms. The molecule has 0 atom stereocenters. The van der Waals surface area contributed by atoms with E-state index in [1.165, 1.54) is 0 Å². The minimum atomic E-state index is -0.284. The van der Waals surface area contributed by atoms with Crippen LogP contribution in [0.15, 0.2) is 91.0 Å². The number of para-hydroxylation sites is 1. The zero-order valence-corrected chi connectivity index (χ0v) is 21.5. The largest absolute Gasteiger partial charge is 0.490 e. The number of nitrogens with one attached hydrogen (secondary N) is 2. The minimum absolute atomic E-state index is 0.152. The number of halogens is 1. The van der Waals surface area contributed by atoms with Crippen LogP contribution >= 0.6 is 11.6 Å². The third kappa shape index (κ3) is 7.66. The Morgan fingerprint density at radius 3 is 2.27 bits per heavy atom. The molecule has 7 heteroatoms. The van der Waals surface area contributed by atoms with Crippen LogP contribution < -0.4 is 24.8 Å². The molecule has 2 N–H and O–H groups in total. The third-order valence-electron chi connectivity index (χ3n) is 5.45. The lowest BCUT2D eigenvalue weighted by Crippen LogP contribution is -2.20. The first-order valence-corrected chi connectivity index (χ1v) is 12.4. The molecule has 0 saturated heterocycles. The predicted octanol–water partition coefficient (Wildman–Crippen LogP) is 7.47. The summed E-state index contributed by atoms with van der Waals surface area (Å²) in [6, 6.07) is 28.5. The number of carbonyl (C=O) groups excluding carboxylic acids is 1. The van der Waals surface area contributed by atoms with E-state index in [4.69, 9.17) is 25.8 Å². The molecule has 6 nitrogen and oxygen atoms in total. The van der Waals surface area contributed by atoms with Gasteiger partial charge in [0.1, 0.15) is 11.5 Å². The molecule has 0 spiro atoms. The lowest BCUT2D eigenvalue weighted by atomic mass is 10.2. The zero-order chi connectivity index (χ0) is 26.0. The number of hydrogen-bond acceptors (Lipinski definition) is 5. The number of anilines is 2. The van der Waals surface area contributed by atoms with Crippen LogP contribution in [0.5, 0.6) is 23.0 Å². The number of ether oxygens (including phenoxy) is 3. The fraction of sp³-hybridized carbons (Fsp3) is 0.167. The van der Waals surface area contributed by atoms with Crippen LogP contribution in [0.3, 0.4) is 0 Å². The first-order chi connectivity index (χ1) is 18.0. The molecule has 0 unspecified atom stereocenters. The number of hydrogen-bond donors (Lipinski definition) is 2. The van der Waals surface area contributed by atoms with E-state index in [2.05, 4.69) is 10.6 Å². The van der Waals surface area contributed by atoms with Gasteiger partial charge in [-0.3, -0.25) is 4.79 Å². The summed E-state index contributed by atoms with van der Waals surface area (Å²) in [7, 11) is 0. The molecule has 0 aliphatic heterocycles. The molecule has 4 rings (SSSR count). The number of carbonyl (C=O) groups is 1. The van der Waals surface area contributed by atoms with Gasteiger partial charge in [-0.25, -0.2) is 0 Å². The van der Waals surface area contributed by atoms with Crippen LogP contribution in [0, 0.1) is 6.92 Å². The molecular formula is C30H29ClN2O4. The van der Waals surface area contributed by atoms with Crippen LogP contribution in [0.2, 0.25) is 5.02 Å². The highest BCUT2D eigenvalue weighted by Gasteiger charge is 2.10. The first-order valence-electron chi connectivity index (χ1n) is 12.0. The predicted molar refractivity (Wildman–Crippen MR) is 148 cm³/mol. The molecule has 0 aliphatic carbocycles. The fourth-order valence-corrected chi connectivity index (χ4v) is 3.71. The summed E-state index contributed by atoms with van der Waals surface area (Å²) in [5.74, 6) is 2.37. The first kappa shape index (κ1) is 25.9. The van der Waals surface area contributed by atoms with Crippen molar-refractivity contribution in [3.63, 3.8) is 0 Å². The Hall–Kier alpha value is -4.16. The number of benzene rings is 4. The highest BCUT2D eigenvalue weighted by molar-refractivity contribution is 6.31. The second-order valence-electron chi connectivity index (χ2n) is 8.31. The van der Waals surface area contributed by atoms with Gasteiger partial charge in [0.2, 0.25) is 0 Å². The summed E-state index contributed by atoms with van der Waals surface area (Å²) in [4.78, 5) is 12.4. The zero-order valence-electron chi connectivity index (χ0n) is 20.8. The van der Waals surface area contributed by atoms with Crippen molar-refractivity contribution in [3.05, 3.63) is 107 Å². The lowest BCUT2D eigenvalue weighted by Gasteiger charge is -2.14. The van der Waals surface area contributed by atoms with Crippen LogP contribution in [-0.4, -0.2) is 19.1 Å². The smallest absolute Gasteiger partial charge is 0.262 e. The van der Waals surface area contributed by atoms with E-state index in [0.29, 0.717) is 35.4 Å².